The van der Waals surface area contributed by atoms with Gasteiger partial charge in [-0.05, 0) is 55.6 Å². The summed E-state index contributed by atoms with van der Waals surface area (Å²) >= 11 is 0. The number of nitrogens with zero attached hydrogens (tertiary/aromatic N) is 2. The van der Waals surface area contributed by atoms with Crippen LogP contribution in [-0.4, -0.2) is 48.4 Å². The van der Waals surface area contributed by atoms with Crippen LogP contribution in [0.15, 0.2) is 54.6 Å². The smallest absolute Gasteiger partial charge is 0.338 e. The van der Waals surface area contributed by atoms with Gasteiger partial charge in [0, 0.05) is 31.1 Å². The van der Waals surface area contributed by atoms with E-state index in [2.05, 4.69) is 17.0 Å². The summed E-state index contributed by atoms with van der Waals surface area (Å²) in [6.07, 6.45) is -2.04. The van der Waals surface area contributed by atoms with Crippen LogP contribution >= 0.6 is 0 Å². The average Bonchev–Trinajstić information content (AvgIpc) is 3.38. The van der Waals surface area contributed by atoms with Crippen molar-refractivity contribution in [3.8, 4) is 0 Å². The van der Waals surface area contributed by atoms with Gasteiger partial charge in [0.05, 0.1) is 5.56 Å². The molecule has 0 spiro atoms. The molecule has 2 fully saturated rings. The van der Waals surface area contributed by atoms with Gasteiger partial charge in [0.1, 0.15) is 0 Å². The predicted molar refractivity (Wildman–Crippen MR) is 106 cm³/mol. The second-order valence-electron chi connectivity index (χ2n) is 8.07. The maximum atomic E-state index is 13.1. The molecule has 2 aromatic carbocycles. The summed E-state index contributed by atoms with van der Waals surface area (Å²) in [5.74, 6) is 0.165. The number of benzene rings is 2. The van der Waals surface area contributed by atoms with Gasteiger partial charge < -0.3 is 9.80 Å². The van der Waals surface area contributed by atoms with Crippen molar-refractivity contribution in [3.05, 3.63) is 71.3 Å². The molecule has 4 rings (SSSR count). The fraction of sp³-hybridized carbons (Fsp3) is 0.435. The Hall–Kier alpha value is -2.34. The molecule has 0 aromatic heterocycles. The molecule has 154 valence electrons. The lowest BCUT2D eigenvalue weighted by molar-refractivity contribution is -0.137. The molecule has 0 unspecified atom stereocenters. The van der Waals surface area contributed by atoms with E-state index in [9.17, 15) is 18.0 Å². The van der Waals surface area contributed by atoms with Gasteiger partial charge in [0.25, 0.3) is 5.91 Å². The Morgan fingerprint density at radius 1 is 0.966 bits per heavy atom. The van der Waals surface area contributed by atoms with Crippen LogP contribution in [0.5, 0.6) is 0 Å². The molecule has 2 atom stereocenters. The van der Waals surface area contributed by atoms with E-state index in [1.54, 1.807) is 4.90 Å². The molecule has 2 aliphatic heterocycles. The van der Waals surface area contributed by atoms with Gasteiger partial charge in [-0.2, -0.15) is 13.2 Å². The molecule has 0 aliphatic carbocycles. The largest absolute Gasteiger partial charge is 0.416 e. The molecule has 2 aromatic rings. The van der Waals surface area contributed by atoms with E-state index in [0.29, 0.717) is 13.1 Å². The highest BCUT2D eigenvalue weighted by Crippen LogP contribution is 2.35. The van der Waals surface area contributed by atoms with E-state index in [-0.39, 0.29) is 23.3 Å². The Kier molecular flexibility index (Phi) is 5.63. The normalized spacial score (nSPS) is 22.9. The quantitative estimate of drug-likeness (QED) is 0.743. The van der Waals surface area contributed by atoms with Gasteiger partial charge >= 0.3 is 6.18 Å². The number of carbonyl (C=O) groups excluding carboxylic acids is 1. The third kappa shape index (κ3) is 4.47. The minimum Gasteiger partial charge on any atom is -0.338 e. The highest BCUT2D eigenvalue weighted by atomic mass is 19.4. The number of rotatable bonds is 4. The molecular formula is C23H25F3N2O. The minimum absolute atomic E-state index is 0.105. The minimum atomic E-state index is -4.45. The number of carbonyl (C=O) groups is 1. The van der Waals surface area contributed by atoms with Gasteiger partial charge in [-0.25, -0.2) is 0 Å². The molecule has 0 radical (unpaired) electrons. The van der Waals surface area contributed by atoms with Crippen LogP contribution in [0.25, 0.3) is 0 Å². The second kappa shape index (κ2) is 8.19. The van der Waals surface area contributed by atoms with E-state index in [0.717, 1.165) is 31.8 Å². The first kappa shape index (κ1) is 20.0. The van der Waals surface area contributed by atoms with E-state index < -0.39 is 11.7 Å². The third-order valence-corrected chi connectivity index (χ3v) is 6.08. The molecule has 3 nitrogen and oxygen atoms in total. The van der Waals surface area contributed by atoms with E-state index >= 15 is 0 Å². The Morgan fingerprint density at radius 3 is 2.38 bits per heavy atom. The Morgan fingerprint density at radius 2 is 1.69 bits per heavy atom. The molecule has 0 N–H and O–H groups in total. The van der Waals surface area contributed by atoms with Crippen molar-refractivity contribution in [1.29, 1.82) is 0 Å². The number of hydrogen-bond donors (Lipinski definition) is 0. The number of alkyl halides is 3. The topological polar surface area (TPSA) is 23.6 Å². The summed E-state index contributed by atoms with van der Waals surface area (Å²) in [7, 11) is 0. The van der Waals surface area contributed by atoms with E-state index in [4.69, 9.17) is 0 Å². The van der Waals surface area contributed by atoms with Crippen molar-refractivity contribution < 1.29 is 18.0 Å². The average molecular weight is 402 g/mol. The Labute approximate surface area is 169 Å². The standard InChI is InChI=1S/C23H25F3N2O/c24-23(25,26)20-10-6-9-18(13-20)22(29)28-15-19(14-27-11-4-5-12-27)21(16-28)17-7-2-1-3-8-17/h1-3,6-10,13,19,21H,4-5,11-12,14-16H2/t19-,21-/m1/s1. The molecular weight excluding hydrogens is 377 g/mol. The first-order valence-corrected chi connectivity index (χ1v) is 10.2. The number of amides is 1. The summed E-state index contributed by atoms with van der Waals surface area (Å²) in [6.45, 7) is 4.20. The van der Waals surface area contributed by atoms with Gasteiger partial charge in [0.15, 0.2) is 0 Å². The zero-order chi connectivity index (χ0) is 20.4. The molecule has 2 aliphatic rings. The van der Waals surface area contributed by atoms with Crippen LogP contribution in [0.2, 0.25) is 0 Å². The lowest BCUT2D eigenvalue weighted by Gasteiger charge is -2.24. The number of likely N-dealkylation sites (tertiary alicyclic amines) is 2. The molecule has 6 heteroatoms. The molecule has 0 bridgehead atoms. The van der Waals surface area contributed by atoms with Crippen molar-refractivity contribution in [2.24, 2.45) is 5.92 Å². The maximum Gasteiger partial charge on any atom is 0.416 e. The summed E-state index contributed by atoms with van der Waals surface area (Å²) < 4.78 is 39.2. The zero-order valence-electron chi connectivity index (χ0n) is 16.2. The van der Waals surface area contributed by atoms with Gasteiger partial charge in [-0.3, -0.25) is 4.79 Å². The van der Waals surface area contributed by atoms with Crippen LogP contribution < -0.4 is 0 Å². The van der Waals surface area contributed by atoms with Crippen molar-refractivity contribution >= 4 is 5.91 Å². The second-order valence-corrected chi connectivity index (χ2v) is 8.07. The molecule has 0 saturated carbocycles. The van der Waals surface area contributed by atoms with E-state index in [1.165, 1.54) is 30.5 Å². The summed E-state index contributed by atoms with van der Waals surface area (Å²) in [6, 6.07) is 14.9. The van der Waals surface area contributed by atoms with Crippen LogP contribution in [0.4, 0.5) is 13.2 Å². The molecule has 29 heavy (non-hydrogen) atoms. The van der Waals surface area contributed by atoms with Crippen LogP contribution in [0, 0.1) is 5.92 Å². The third-order valence-electron chi connectivity index (χ3n) is 6.08. The van der Waals surface area contributed by atoms with Crippen LogP contribution in [0.3, 0.4) is 0 Å². The SMILES string of the molecule is O=C(c1cccc(C(F)(F)F)c1)N1C[C@@H](CN2CCCC2)[C@@H](c2ccccc2)C1. The van der Waals surface area contributed by atoms with Crippen molar-refractivity contribution in [2.75, 3.05) is 32.7 Å². The van der Waals surface area contributed by atoms with Crippen molar-refractivity contribution in [1.82, 2.24) is 9.80 Å². The highest BCUT2D eigenvalue weighted by molar-refractivity contribution is 5.94. The van der Waals surface area contributed by atoms with E-state index in [1.807, 2.05) is 18.2 Å². The monoisotopic (exact) mass is 402 g/mol. The van der Waals surface area contributed by atoms with Gasteiger partial charge in [-0.1, -0.05) is 36.4 Å². The Balaban J connectivity index is 1.55. The van der Waals surface area contributed by atoms with Crippen molar-refractivity contribution in [3.63, 3.8) is 0 Å². The molecule has 2 heterocycles. The highest BCUT2D eigenvalue weighted by Gasteiger charge is 2.38. The fourth-order valence-electron chi connectivity index (χ4n) is 4.61. The zero-order valence-corrected chi connectivity index (χ0v) is 16.2. The lowest BCUT2D eigenvalue weighted by atomic mass is 9.88. The maximum absolute atomic E-state index is 13.1. The first-order chi connectivity index (χ1) is 13.9. The van der Waals surface area contributed by atoms with Gasteiger partial charge in [0.2, 0.25) is 0 Å². The van der Waals surface area contributed by atoms with Gasteiger partial charge in [-0.15, -0.1) is 0 Å². The van der Waals surface area contributed by atoms with Crippen LogP contribution in [0.1, 0.15) is 40.2 Å². The van der Waals surface area contributed by atoms with Crippen molar-refractivity contribution in [2.45, 2.75) is 24.9 Å². The fourth-order valence-corrected chi connectivity index (χ4v) is 4.61. The predicted octanol–water partition coefficient (Wildman–Crippen LogP) is 4.66. The first-order valence-electron chi connectivity index (χ1n) is 10.2. The summed E-state index contributed by atoms with van der Waals surface area (Å²) in [4.78, 5) is 17.2. The van der Waals surface area contributed by atoms with Crippen LogP contribution in [-0.2, 0) is 6.18 Å². The number of halogens is 3. The Bertz CT molecular complexity index is 847. The molecule has 1 amide bonds. The number of hydrogen-bond acceptors (Lipinski definition) is 2. The lowest BCUT2D eigenvalue weighted by Crippen LogP contribution is -2.32. The summed E-state index contributed by atoms with van der Waals surface area (Å²) in [5.41, 5.74) is 0.514. The summed E-state index contributed by atoms with van der Waals surface area (Å²) in [5, 5.41) is 0. The molecule has 2 saturated heterocycles.